The number of benzene rings is 1. The van der Waals surface area contributed by atoms with Crippen molar-refractivity contribution < 1.29 is 0 Å². The average molecular weight is 332 g/mol. The van der Waals surface area contributed by atoms with Crippen molar-refractivity contribution in [3.63, 3.8) is 0 Å². The normalized spacial score (nSPS) is 14.1. The standard InChI is InChI=1S/C15H14ClN5S/c16-12-9-17-21-7-6-20(10-13(12)21)15-19-18-14(22-15)8-11-4-2-1-3-5-11/h1-5,9H,6-8,10H2. The van der Waals surface area contributed by atoms with E-state index in [4.69, 9.17) is 11.6 Å². The van der Waals surface area contributed by atoms with Crippen LogP contribution in [0.1, 0.15) is 16.3 Å². The van der Waals surface area contributed by atoms with Crippen molar-refractivity contribution in [1.82, 2.24) is 20.0 Å². The Balaban J connectivity index is 1.51. The summed E-state index contributed by atoms with van der Waals surface area (Å²) >= 11 is 7.83. The Labute approximate surface area is 137 Å². The maximum Gasteiger partial charge on any atom is 0.208 e. The van der Waals surface area contributed by atoms with Crippen molar-refractivity contribution in [2.45, 2.75) is 19.5 Å². The summed E-state index contributed by atoms with van der Waals surface area (Å²) in [7, 11) is 0. The van der Waals surface area contributed by atoms with E-state index in [9.17, 15) is 0 Å². The van der Waals surface area contributed by atoms with Crippen LogP contribution in [0, 0.1) is 0 Å². The largest absolute Gasteiger partial charge is 0.339 e. The zero-order chi connectivity index (χ0) is 14.9. The van der Waals surface area contributed by atoms with Gasteiger partial charge in [-0.15, -0.1) is 10.2 Å². The van der Waals surface area contributed by atoms with Crippen molar-refractivity contribution in [3.8, 4) is 0 Å². The zero-order valence-electron chi connectivity index (χ0n) is 11.8. The number of nitrogens with zero attached hydrogens (tertiary/aromatic N) is 5. The zero-order valence-corrected chi connectivity index (χ0v) is 13.4. The molecule has 22 heavy (non-hydrogen) atoms. The number of rotatable bonds is 3. The van der Waals surface area contributed by atoms with Gasteiger partial charge in [0.25, 0.3) is 0 Å². The van der Waals surface area contributed by atoms with E-state index >= 15 is 0 Å². The van der Waals surface area contributed by atoms with Crippen LogP contribution in [0.5, 0.6) is 0 Å². The molecule has 1 aliphatic heterocycles. The summed E-state index contributed by atoms with van der Waals surface area (Å²) in [5, 5.41) is 15.6. The van der Waals surface area contributed by atoms with E-state index in [1.54, 1.807) is 17.5 Å². The number of halogens is 1. The van der Waals surface area contributed by atoms with Crippen molar-refractivity contribution in [2.24, 2.45) is 0 Å². The lowest BCUT2D eigenvalue weighted by atomic mass is 10.2. The monoisotopic (exact) mass is 331 g/mol. The molecule has 0 radical (unpaired) electrons. The van der Waals surface area contributed by atoms with Crippen LogP contribution in [0.15, 0.2) is 36.5 Å². The first-order valence-electron chi connectivity index (χ1n) is 7.11. The number of aromatic nitrogens is 4. The van der Waals surface area contributed by atoms with E-state index in [-0.39, 0.29) is 0 Å². The lowest BCUT2D eigenvalue weighted by molar-refractivity contribution is 0.518. The molecule has 1 aromatic carbocycles. The van der Waals surface area contributed by atoms with Crippen LogP contribution in [0.2, 0.25) is 5.02 Å². The molecule has 0 amide bonds. The van der Waals surface area contributed by atoms with Gasteiger partial charge in [0, 0.05) is 13.0 Å². The quantitative estimate of drug-likeness (QED) is 0.740. The average Bonchev–Trinajstić information content (AvgIpc) is 3.16. The van der Waals surface area contributed by atoms with Gasteiger partial charge in [-0.1, -0.05) is 53.3 Å². The molecule has 0 saturated heterocycles. The minimum absolute atomic E-state index is 0.721. The molecule has 0 atom stereocenters. The van der Waals surface area contributed by atoms with E-state index < -0.39 is 0 Å². The van der Waals surface area contributed by atoms with Gasteiger partial charge in [-0.2, -0.15) is 5.10 Å². The molecular formula is C15H14ClN5S. The van der Waals surface area contributed by atoms with Crippen molar-refractivity contribution >= 4 is 28.1 Å². The first-order valence-corrected chi connectivity index (χ1v) is 8.30. The Morgan fingerprint density at radius 1 is 1.14 bits per heavy atom. The third-order valence-electron chi connectivity index (χ3n) is 3.74. The molecule has 4 rings (SSSR count). The molecule has 7 heteroatoms. The van der Waals surface area contributed by atoms with E-state index in [2.05, 4.69) is 32.3 Å². The highest BCUT2D eigenvalue weighted by molar-refractivity contribution is 7.15. The van der Waals surface area contributed by atoms with Gasteiger partial charge in [0.15, 0.2) is 0 Å². The number of anilines is 1. The summed E-state index contributed by atoms with van der Waals surface area (Å²) in [6.45, 7) is 2.44. The predicted molar refractivity (Wildman–Crippen MR) is 87.4 cm³/mol. The maximum atomic E-state index is 6.18. The van der Waals surface area contributed by atoms with Crippen LogP contribution >= 0.6 is 22.9 Å². The minimum atomic E-state index is 0.721. The molecule has 2 aromatic heterocycles. The van der Waals surface area contributed by atoms with Gasteiger partial charge in [-0.05, 0) is 5.56 Å². The topological polar surface area (TPSA) is 46.8 Å². The van der Waals surface area contributed by atoms with E-state index in [1.165, 1.54) is 5.56 Å². The van der Waals surface area contributed by atoms with Crippen LogP contribution in [-0.2, 0) is 19.5 Å². The summed E-state index contributed by atoms with van der Waals surface area (Å²) in [5.41, 5.74) is 2.30. The molecule has 0 fully saturated rings. The molecule has 5 nitrogen and oxygen atoms in total. The molecule has 0 spiro atoms. The van der Waals surface area contributed by atoms with Gasteiger partial charge >= 0.3 is 0 Å². The van der Waals surface area contributed by atoms with Gasteiger partial charge in [-0.25, -0.2) is 0 Å². The van der Waals surface area contributed by atoms with Gasteiger partial charge in [0.2, 0.25) is 5.13 Å². The molecule has 1 aliphatic rings. The summed E-state index contributed by atoms with van der Waals surface area (Å²) < 4.78 is 1.96. The van der Waals surface area contributed by atoms with Gasteiger partial charge in [0.05, 0.1) is 30.0 Å². The SMILES string of the molecule is Clc1cnn2c1CN(c1nnc(Cc3ccccc3)s1)CC2. The van der Waals surface area contributed by atoms with Crippen LogP contribution in [0.4, 0.5) is 5.13 Å². The first kappa shape index (κ1) is 13.7. The highest BCUT2D eigenvalue weighted by Crippen LogP contribution is 2.28. The molecule has 0 saturated carbocycles. The minimum Gasteiger partial charge on any atom is -0.339 e. The van der Waals surface area contributed by atoms with Gasteiger partial charge in [0.1, 0.15) is 5.01 Å². The van der Waals surface area contributed by atoms with Crippen LogP contribution in [0.3, 0.4) is 0 Å². The second-order valence-corrected chi connectivity index (χ2v) is 6.67. The molecule has 0 N–H and O–H groups in total. The fourth-order valence-electron chi connectivity index (χ4n) is 2.59. The van der Waals surface area contributed by atoms with Crippen LogP contribution in [-0.4, -0.2) is 26.5 Å². The molecule has 3 heterocycles. The van der Waals surface area contributed by atoms with Crippen LogP contribution in [0.25, 0.3) is 0 Å². The highest BCUT2D eigenvalue weighted by atomic mass is 35.5. The Hall–Kier alpha value is -1.92. The molecule has 3 aromatic rings. The Bertz CT molecular complexity index is 782. The first-order chi connectivity index (χ1) is 10.8. The third kappa shape index (κ3) is 2.60. The predicted octanol–water partition coefficient (Wildman–Crippen LogP) is 3.00. The molecule has 0 bridgehead atoms. The fourth-order valence-corrected chi connectivity index (χ4v) is 3.69. The fraction of sp³-hybridized carbons (Fsp3) is 0.267. The lowest BCUT2D eigenvalue weighted by Gasteiger charge is -2.26. The second kappa shape index (κ2) is 5.70. The van der Waals surface area contributed by atoms with Gasteiger partial charge < -0.3 is 4.90 Å². The summed E-state index contributed by atoms with van der Waals surface area (Å²) in [5.74, 6) is 0. The summed E-state index contributed by atoms with van der Waals surface area (Å²) in [4.78, 5) is 2.22. The van der Waals surface area contributed by atoms with Crippen molar-refractivity contribution in [1.29, 1.82) is 0 Å². The molecular weight excluding hydrogens is 318 g/mol. The third-order valence-corrected chi connectivity index (χ3v) is 5.04. The maximum absolute atomic E-state index is 6.18. The van der Waals surface area contributed by atoms with E-state index in [0.717, 1.165) is 46.9 Å². The summed E-state index contributed by atoms with van der Waals surface area (Å²) in [6, 6.07) is 10.3. The second-order valence-electron chi connectivity index (χ2n) is 5.22. The van der Waals surface area contributed by atoms with Crippen molar-refractivity contribution in [2.75, 3.05) is 11.4 Å². The number of hydrogen-bond acceptors (Lipinski definition) is 5. The molecule has 112 valence electrons. The highest BCUT2D eigenvalue weighted by Gasteiger charge is 2.22. The van der Waals surface area contributed by atoms with E-state index in [1.807, 2.05) is 22.9 Å². The van der Waals surface area contributed by atoms with E-state index in [0.29, 0.717) is 0 Å². The Kier molecular flexibility index (Phi) is 3.56. The lowest BCUT2D eigenvalue weighted by Crippen LogP contribution is -2.33. The Morgan fingerprint density at radius 3 is 2.86 bits per heavy atom. The number of hydrogen-bond donors (Lipinski definition) is 0. The van der Waals surface area contributed by atoms with Crippen molar-refractivity contribution in [3.05, 3.63) is 57.8 Å². The van der Waals surface area contributed by atoms with Gasteiger partial charge in [-0.3, -0.25) is 4.68 Å². The smallest absolute Gasteiger partial charge is 0.208 e. The molecule has 0 unspecified atom stereocenters. The summed E-state index contributed by atoms with van der Waals surface area (Å²) in [6.07, 6.45) is 2.53. The molecule has 0 aliphatic carbocycles. The van der Waals surface area contributed by atoms with Crippen LogP contribution < -0.4 is 4.90 Å². The Morgan fingerprint density at radius 2 is 2.00 bits per heavy atom. The number of fused-ring (bicyclic) bond motifs is 1.